The van der Waals surface area contributed by atoms with Crippen molar-refractivity contribution in [3.05, 3.63) is 228 Å². The molecule has 0 radical (unpaired) electrons. The summed E-state index contributed by atoms with van der Waals surface area (Å²) in [6.07, 6.45) is 14.9. The highest BCUT2D eigenvalue weighted by Crippen LogP contribution is 2.58. The zero-order valence-corrected chi connectivity index (χ0v) is 32.0. The van der Waals surface area contributed by atoms with Crippen molar-refractivity contribution in [1.29, 1.82) is 0 Å². The van der Waals surface area contributed by atoms with Crippen LogP contribution in [-0.4, -0.2) is 0 Å². The fourth-order valence-electron chi connectivity index (χ4n) is 10.3. The first kappa shape index (κ1) is 33.0. The van der Waals surface area contributed by atoms with Gasteiger partial charge in [-0.3, -0.25) is 0 Å². The first-order valence-electron chi connectivity index (χ1n) is 20.5. The van der Waals surface area contributed by atoms with Crippen LogP contribution in [-0.2, 0) is 5.41 Å². The van der Waals surface area contributed by atoms with E-state index >= 15 is 0 Å². The van der Waals surface area contributed by atoms with E-state index < -0.39 is 0 Å². The van der Waals surface area contributed by atoms with Crippen molar-refractivity contribution in [2.24, 2.45) is 0 Å². The van der Waals surface area contributed by atoms with Gasteiger partial charge in [-0.1, -0.05) is 164 Å². The van der Waals surface area contributed by atoms with Crippen LogP contribution >= 0.6 is 0 Å². The van der Waals surface area contributed by atoms with E-state index in [1.54, 1.807) is 0 Å². The van der Waals surface area contributed by atoms with Crippen molar-refractivity contribution >= 4 is 66.1 Å². The minimum Gasteiger partial charge on any atom is -0.455 e. The third kappa shape index (κ3) is 4.79. The molecule has 1 aromatic heterocycles. The van der Waals surface area contributed by atoms with Gasteiger partial charge in [-0.15, -0.1) is 0 Å². The van der Waals surface area contributed by atoms with E-state index in [0.717, 1.165) is 69.4 Å². The first-order chi connectivity index (χ1) is 28.8. The molecule has 0 N–H and O–H groups in total. The first-order valence-corrected chi connectivity index (χ1v) is 20.5. The Morgan fingerprint density at radius 2 is 1.22 bits per heavy atom. The molecule has 1 atom stereocenters. The number of fused-ring (bicyclic) bond motifs is 8. The maximum Gasteiger partial charge on any atom is 0.143 e. The van der Waals surface area contributed by atoms with Crippen molar-refractivity contribution in [2.75, 3.05) is 4.90 Å². The van der Waals surface area contributed by atoms with Crippen LogP contribution in [0.2, 0.25) is 0 Å². The Bertz CT molecular complexity index is 3240. The Balaban J connectivity index is 1.05. The fourth-order valence-corrected chi connectivity index (χ4v) is 10.3. The van der Waals surface area contributed by atoms with Gasteiger partial charge in [0, 0.05) is 33.1 Å². The SMILES string of the molecule is C1=CC(C2(c3ccc(N(c4ccc(-c5cccc6c5oc5ccccc56)cc4)c4cc5ccccc5c5ccccc45)cc3)C3=C(C=CCC3)c3ccccc32)=CC1. The molecule has 3 aliphatic rings. The fraction of sp³-hybridized carbons (Fsp3) is 0.0714. The maximum absolute atomic E-state index is 6.47. The van der Waals surface area contributed by atoms with E-state index in [1.165, 1.54) is 55.0 Å². The molecule has 9 aromatic rings. The van der Waals surface area contributed by atoms with Gasteiger partial charge >= 0.3 is 0 Å². The predicted molar refractivity (Wildman–Crippen MR) is 243 cm³/mol. The van der Waals surface area contributed by atoms with Gasteiger partial charge in [-0.25, -0.2) is 0 Å². The molecule has 12 rings (SSSR count). The van der Waals surface area contributed by atoms with Crippen LogP contribution in [0.5, 0.6) is 0 Å². The Kier molecular flexibility index (Phi) is 7.37. The highest BCUT2D eigenvalue weighted by molar-refractivity contribution is 6.15. The van der Waals surface area contributed by atoms with E-state index in [0.29, 0.717) is 0 Å². The maximum atomic E-state index is 6.47. The highest BCUT2D eigenvalue weighted by atomic mass is 16.3. The smallest absolute Gasteiger partial charge is 0.143 e. The molecule has 0 aliphatic heterocycles. The second-order valence-electron chi connectivity index (χ2n) is 15.8. The van der Waals surface area contributed by atoms with E-state index in [9.17, 15) is 0 Å². The Morgan fingerprint density at radius 3 is 2.05 bits per heavy atom. The monoisotopic (exact) mass is 741 g/mol. The summed E-state index contributed by atoms with van der Waals surface area (Å²) in [4.78, 5) is 2.45. The number of furan rings is 1. The lowest BCUT2D eigenvalue weighted by Crippen LogP contribution is -2.30. The Labute approximate surface area is 338 Å². The van der Waals surface area contributed by atoms with Crippen molar-refractivity contribution < 1.29 is 4.42 Å². The van der Waals surface area contributed by atoms with Crippen molar-refractivity contribution in [1.82, 2.24) is 0 Å². The summed E-state index contributed by atoms with van der Waals surface area (Å²) in [7, 11) is 0. The lowest BCUT2D eigenvalue weighted by atomic mass is 9.65. The molecule has 2 nitrogen and oxygen atoms in total. The summed E-state index contributed by atoms with van der Waals surface area (Å²) in [5.74, 6) is 0. The van der Waals surface area contributed by atoms with Crippen LogP contribution in [0.4, 0.5) is 17.1 Å². The number of para-hydroxylation sites is 2. The molecule has 0 fully saturated rings. The Morgan fingerprint density at radius 1 is 0.534 bits per heavy atom. The quantitative estimate of drug-likeness (QED) is 0.158. The van der Waals surface area contributed by atoms with E-state index in [-0.39, 0.29) is 5.41 Å². The van der Waals surface area contributed by atoms with Crippen molar-refractivity contribution in [3.63, 3.8) is 0 Å². The van der Waals surface area contributed by atoms with Gasteiger partial charge < -0.3 is 9.32 Å². The summed E-state index contributed by atoms with van der Waals surface area (Å²) < 4.78 is 6.47. The summed E-state index contributed by atoms with van der Waals surface area (Å²) >= 11 is 0. The third-order valence-corrected chi connectivity index (χ3v) is 12.8. The van der Waals surface area contributed by atoms with Crippen LogP contribution in [0.3, 0.4) is 0 Å². The number of allylic oxidation sites excluding steroid dienone is 8. The molecule has 0 bridgehead atoms. The van der Waals surface area contributed by atoms with Crippen LogP contribution < -0.4 is 4.90 Å². The van der Waals surface area contributed by atoms with Gasteiger partial charge in [0.2, 0.25) is 0 Å². The largest absolute Gasteiger partial charge is 0.455 e. The molecule has 274 valence electrons. The number of nitrogens with zero attached hydrogens (tertiary/aromatic N) is 1. The van der Waals surface area contributed by atoms with Gasteiger partial charge in [-0.2, -0.15) is 0 Å². The molecular formula is C56H39NO. The van der Waals surface area contributed by atoms with Gasteiger partial charge in [0.1, 0.15) is 11.2 Å². The summed E-state index contributed by atoms with van der Waals surface area (Å²) in [6.45, 7) is 0. The average molecular weight is 742 g/mol. The lowest BCUT2D eigenvalue weighted by Gasteiger charge is -2.37. The second kappa shape index (κ2) is 12.9. The molecule has 3 aliphatic carbocycles. The Hall–Kier alpha value is -7.16. The topological polar surface area (TPSA) is 16.4 Å². The lowest BCUT2D eigenvalue weighted by molar-refractivity contribution is 0.670. The van der Waals surface area contributed by atoms with Gasteiger partial charge in [0.15, 0.2) is 0 Å². The molecule has 0 saturated heterocycles. The molecule has 2 heteroatoms. The molecule has 0 spiro atoms. The van der Waals surface area contributed by atoms with Crippen molar-refractivity contribution in [2.45, 2.75) is 24.7 Å². The summed E-state index contributed by atoms with van der Waals surface area (Å²) in [6, 6.07) is 62.3. The number of rotatable bonds is 6. The molecule has 8 aromatic carbocycles. The van der Waals surface area contributed by atoms with Gasteiger partial charge in [-0.05, 0) is 111 Å². The molecule has 1 heterocycles. The third-order valence-electron chi connectivity index (χ3n) is 12.8. The molecular weight excluding hydrogens is 703 g/mol. The second-order valence-corrected chi connectivity index (χ2v) is 15.8. The number of hydrogen-bond donors (Lipinski definition) is 0. The van der Waals surface area contributed by atoms with Crippen LogP contribution in [0.1, 0.15) is 36.0 Å². The van der Waals surface area contributed by atoms with Crippen LogP contribution in [0.15, 0.2) is 216 Å². The van der Waals surface area contributed by atoms with Gasteiger partial charge in [0.05, 0.1) is 11.1 Å². The number of hydrogen-bond acceptors (Lipinski definition) is 2. The zero-order valence-electron chi connectivity index (χ0n) is 32.0. The standard InChI is InChI=1S/C56H39NO/c1-4-17-43-38(14-1)36-53(48-21-6-5-18-45(43)48)57(41-32-28-37(29-33-41)44-23-13-24-50-49-22-9-12-27-54(49)58-55(44)50)42-34-30-40(31-35-42)56(39-15-2-3-16-39)51-25-10-7-19-46(51)47-20-8-11-26-52(47)56/h1-2,4-10,12-25,27-36H,3,11,26H2. The average Bonchev–Trinajstić information content (AvgIpc) is 4.04. The number of anilines is 3. The molecule has 0 saturated carbocycles. The molecule has 58 heavy (non-hydrogen) atoms. The van der Waals surface area contributed by atoms with E-state index in [1.807, 2.05) is 6.07 Å². The van der Waals surface area contributed by atoms with Crippen molar-refractivity contribution in [3.8, 4) is 11.1 Å². The van der Waals surface area contributed by atoms with Crippen LogP contribution in [0.25, 0.3) is 60.2 Å². The molecule has 1 unspecified atom stereocenters. The minimum atomic E-state index is -0.317. The highest BCUT2D eigenvalue weighted by Gasteiger charge is 2.48. The number of benzene rings is 8. The normalized spacial score (nSPS) is 17.1. The van der Waals surface area contributed by atoms with Crippen LogP contribution in [0, 0.1) is 0 Å². The summed E-state index contributed by atoms with van der Waals surface area (Å²) in [5, 5.41) is 7.22. The minimum absolute atomic E-state index is 0.317. The predicted octanol–water partition coefficient (Wildman–Crippen LogP) is 15.3. The zero-order chi connectivity index (χ0) is 38.2. The van der Waals surface area contributed by atoms with Gasteiger partial charge in [0.25, 0.3) is 0 Å². The van der Waals surface area contributed by atoms with E-state index in [4.69, 9.17) is 4.42 Å². The van der Waals surface area contributed by atoms with E-state index in [2.05, 4.69) is 199 Å². The summed E-state index contributed by atoms with van der Waals surface area (Å²) in [5.41, 5.74) is 15.5. The molecule has 0 amide bonds.